The molecule has 0 bridgehead atoms. The Hall–Kier alpha value is -1.55. The van der Waals surface area contributed by atoms with Crippen LogP contribution in [0.3, 0.4) is 0 Å². The van der Waals surface area contributed by atoms with E-state index in [1.807, 2.05) is 6.07 Å². The van der Waals surface area contributed by atoms with E-state index in [1.54, 1.807) is 17.6 Å². The van der Waals surface area contributed by atoms with E-state index in [0.717, 1.165) is 10.2 Å². The fourth-order valence-electron chi connectivity index (χ4n) is 2.59. The number of thiazole rings is 1. The van der Waals surface area contributed by atoms with Crippen LogP contribution in [-0.2, 0) is 14.8 Å². The molecule has 0 aliphatic carbocycles. The first-order valence-corrected chi connectivity index (χ1v) is 9.98. The van der Waals surface area contributed by atoms with Gasteiger partial charge in [-0.25, -0.2) is 17.7 Å². The molecule has 0 saturated carbocycles. The molecule has 1 aromatic carbocycles. The average Bonchev–Trinajstić information content (AvgIpc) is 3.15. The monoisotopic (exact) mass is 369 g/mol. The van der Waals surface area contributed by atoms with Crippen molar-refractivity contribution in [1.82, 2.24) is 14.6 Å². The molecule has 1 fully saturated rings. The van der Waals surface area contributed by atoms with Gasteiger partial charge in [0.25, 0.3) is 5.91 Å². The van der Waals surface area contributed by atoms with Gasteiger partial charge in [-0.3, -0.25) is 4.79 Å². The lowest BCUT2D eigenvalue weighted by Gasteiger charge is -2.21. The number of fused-ring (bicyclic) bond motifs is 1. The maximum atomic E-state index is 12.5. The standard InChI is InChI=1S/C15H19N3O4S2/c1-18(2)24(20,21)8-11-6-22-7-13(11)17-15(19)10-3-4-14-12(5-10)16-9-23-14/h3-5,9,11,13H,6-8H2,1-2H3,(H,17,19)/t11-,13+/m0/s1. The summed E-state index contributed by atoms with van der Waals surface area (Å²) in [4.78, 5) is 16.7. The van der Waals surface area contributed by atoms with Crippen LogP contribution in [-0.4, -0.2) is 62.7 Å². The van der Waals surface area contributed by atoms with Crippen LogP contribution >= 0.6 is 11.3 Å². The normalized spacial score (nSPS) is 21.5. The van der Waals surface area contributed by atoms with Gasteiger partial charge in [0, 0.05) is 25.6 Å². The van der Waals surface area contributed by atoms with Crippen molar-refractivity contribution in [2.24, 2.45) is 5.92 Å². The summed E-state index contributed by atoms with van der Waals surface area (Å²) in [7, 11) is -0.339. The number of rotatable bonds is 5. The van der Waals surface area contributed by atoms with E-state index in [1.165, 1.54) is 29.7 Å². The highest BCUT2D eigenvalue weighted by atomic mass is 32.2. The molecule has 130 valence electrons. The zero-order chi connectivity index (χ0) is 17.3. The molecule has 2 aromatic rings. The van der Waals surface area contributed by atoms with Gasteiger partial charge in [0.1, 0.15) is 0 Å². The molecule has 1 aliphatic heterocycles. The Labute approximate surface area is 144 Å². The maximum absolute atomic E-state index is 12.5. The lowest BCUT2D eigenvalue weighted by molar-refractivity contribution is 0.0926. The third-order valence-corrected chi connectivity index (χ3v) is 6.86. The summed E-state index contributed by atoms with van der Waals surface area (Å²) in [5, 5.41) is 2.89. The molecule has 2 atom stereocenters. The summed E-state index contributed by atoms with van der Waals surface area (Å²) < 4.78 is 31.7. The third kappa shape index (κ3) is 3.59. The minimum absolute atomic E-state index is 0.0456. The van der Waals surface area contributed by atoms with Gasteiger partial charge < -0.3 is 10.1 Å². The summed E-state index contributed by atoms with van der Waals surface area (Å²) in [5.74, 6) is -0.548. The van der Waals surface area contributed by atoms with E-state index in [9.17, 15) is 13.2 Å². The van der Waals surface area contributed by atoms with Crippen LogP contribution in [0, 0.1) is 5.92 Å². The molecule has 1 amide bonds. The molecule has 1 saturated heterocycles. The number of hydrogen-bond acceptors (Lipinski definition) is 6. The highest BCUT2D eigenvalue weighted by molar-refractivity contribution is 7.89. The zero-order valence-electron chi connectivity index (χ0n) is 13.4. The Morgan fingerprint density at radius 1 is 1.42 bits per heavy atom. The van der Waals surface area contributed by atoms with E-state index < -0.39 is 10.0 Å². The molecule has 1 aliphatic rings. The van der Waals surface area contributed by atoms with E-state index in [0.29, 0.717) is 18.8 Å². The van der Waals surface area contributed by atoms with E-state index in [2.05, 4.69) is 10.3 Å². The van der Waals surface area contributed by atoms with Gasteiger partial charge in [0.2, 0.25) is 10.0 Å². The molecule has 0 radical (unpaired) electrons. The Kier molecular flexibility index (Phi) is 4.86. The van der Waals surface area contributed by atoms with Crippen molar-refractivity contribution in [3.05, 3.63) is 29.3 Å². The van der Waals surface area contributed by atoms with Gasteiger partial charge in [0.05, 0.1) is 40.7 Å². The Morgan fingerprint density at radius 3 is 2.96 bits per heavy atom. The third-order valence-electron chi connectivity index (χ3n) is 4.09. The largest absolute Gasteiger partial charge is 0.379 e. The maximum Gasteiger partial charge on any atom is 0.251 e. The quantitative estimate of drug-likeness (QED) is 0.847. The molecule has 0 unspecified atom stereocenters. The number of nitrogens with one attached hydrogen (secondary N) is 1. The SMILES string of the molecule is CN(C)S(=O)(=O)C[C@@H]1COC[C@H]1NC(=O)c1ccc2scnc2c1. The van der Waals surface area contributed by atoms with E-state index in [4.69, 9.17) is 4.74 Å². The minimum atomic E-state index is -3.34. The van der Waals surface area contributed by atoms with Crippen molar-refractivity contribution in [3.8, 4) is 0 Å². The topological polar surface area (TPSA) is 88.6 Å². The predicted octanol–water partition coefficient (Wildman–Crippen LogP) is 0.933. The summed E-state index contributed by atoms with van der Waals surface area (Å²) in [5.41, 5.74) is 3.02. The number of carbonyl (C=O) groups is 1. The second-order valence-corrected chi connectivity index (χ2v) is 9.09. The van der Waals surface area contributed by atoms with Crippen molar-refractivity contribution >= 4 is 37.5 Å². The molecule has 24 heavy (non-hydrogen) atoms. The second kappa shape index (κ2) is 6.75. The first-order chi connectivity index (χ1) is 11.4. The van der Waals surface area contributed by atoms with Crippen molar-refractivity contribution in [2.75, 3.05) is 33.1 Å². The number of sulfonamides is 1. The molecule has 1 N–H and O–H groups in total. The van der Waals surface area contributed by atoms with E-state index >= 15 is 0 Å². The van der Waals surface area contributed by atoms with Crippen molar-refractivity contribution in [3.63, 3.8) is 0 Å². The molecular formula is C15H19N3O4S2. The van der Waals surface area contributed by atoms with Crippen molar-refractivity contribution in [2.45, 2.75) is 6.04 Å². The highest BCUT2D eigenvalue weighted by Gasteiger charge is 2.34. The van der Waals surface area contributed by atoms with Gasteiger partial charge in [-0.1, -0.05) is 0 Å². The fraction of sp³-hybridized carbons (Fsp3) is 0.467. The van der Waals surface area contributed by atoms with Gasteiger partial charge in [0.15, 0.2) is 0 Å². The second-order valence-electron chi connectivity index (χ2n) is 5.97. The summed E-state index contributed by atoms with van der Waals surface area (Å²) >= 11 is 1.52. The summed E-state index contributed by atoms with van der Waals surface area (Å²) in [6, 6.07) is 5.03. The Balaban J connectivity index is 1.70. The van der Waals surface area contributed by atoms with Crippen molar-refractivity contribution < 1.29 is 17.9 Å². The van der Waals surface area contributed by atoms with Gasteiger partial charge in [-0.05, 0) is 18.2 Å². The highest BCUT2D eigenvalue weighted by Crippen LogP contribution is 2.20. The van der Waals surface area contributed by atoms with Crippen LogP contribution in [0.1, 0.15) is 10.4 Å². The number of ether oxygens (including phenoxy) is 1. The first-order valence-electron chi connectivity index (χ1n) is 7.49. The first kappa shape index (κ1) is 17.3. The van der Waals surface area contributed by atoms with Crippen LogP contribution in [0.2, 0.25) is 0 Å². The number of benzene rings is 1. The lowest BCUT2D eigenvalue weighted by atomic mass is 10.1. The molecule has 9 heteroatoms. The Morgan fingerprint density at radius 2 is 2.21 bits per heavy atom. The molecule has 1 aromatic heterocycles. The number of amides is 1. The number of hydrogen-bond donors (Lipinski definition) is 1. The van der Waals surface area contributed by atoms with Crippen molar-refractivity contribution in [1.29, 1.82) is 0 Å². The van der Waals surface area contributed by atoms with Crippen LogP contribution in [0.25, 0.3) is 10.2 Å². The Bertz CT molecular complexity index is 847. The van der Waals surface area contributed by atoms with Gasteiger partial charge >= 0.3 is 0 Å². The smallest absolute Gasteiger partial charge is 0.251 e. The molecule has 0 spiro atoms. The van der Waals surface area contributed by atoms with Crippen LogP contribution < -0.4 is 5.32 Å². The molecular weight excluding hydrogens is 350 g/mol. The summed E-state index contributed by atoms with van der Waals surface area (Å²) in [6.07, 6.45) is 0. The average molecular weight is 369 g/mol. The van der Waals surface area contributed by atoms with Crippen LogP contribution in [0.5, 0.6) is 0 Å². The minimum Gasteiger partial charge on any atom is -0.379 e. The molecule has 7 nitrogen and oxygen atoms in total. The molecule has 3 rings (SSSR count). The zero-order valence-corrected chi connectivity index (χ0v) is 15.1. The summed E-state index contributed by atoms with van der Waals surface area (Å²) in [6.45, 7) is 0.640. The van der Waals surface area contributed by atoms with Crippen LogP contribution in [0.4, 0.5) is 0 Å². The van der Waals surface area contributed by atoms with E-state index in [-0.39, 0.29) is 23.6 Å². The number of aromatic nitrogens is 1. The number of carbonyl (C=O) groups excluding carboxylic acids is 1. The van der Waals surface area contributed by atoms with Gasteiger partial charge in [-0.2, -0.15) is 0 Å². The fourth-order valence-corrected chi connectivity index (χ4v) is 4.42. The van der Waals surface area contributed by atoms with Gasteiger partial charge in [-0.15, -0.1) is 11.3 Å². The number of nitrogens with zero attached hydrogens (tertiary/aromatic N) is 2. The lowest BCUT2D eigenvalue weighted by Crippen LogP contribution is -2.43. The molecule has 2 heterocycles. The van der Waals surface area contributed by atoms with Crippen LogP contribution in [0.15, 0.2) is 23.7 Å². The predicted molar refractivity (Wildman–Crippen MR) is 92.7 cm³/mol.